The Balaban J connectivity index is 2.25. The molecule has 3 rings (SSSR count). The minimum atomic E-state index is -1.63. The number of carbonyl (C=O) groups is 4. The molecule has 0 bridgehead atoms. The van der Waals surface area contributed by atoms with Gasteiger partial charge < -0.3 is 26.1 Å². The van der Waals surface area contributed by atoms with Crippen molar-refractivity contribution >= 4 is 58.2 Å². The number of esters is 1. The van der Waals surface area contributed by atoms with Gasteiger partial charge in [-0.05, 0) is 0 Å². The van der Waals surface area contributed by atoms with Gasteiger partial charge in [0, 0.05) is 17.9 Å². The van der Waals surface area contributed by atoms with Crippen LogP contribution in [0.1, 0.15) is 19.0 Å². The number of nitrogens with two attached hydrogens (primary N) is 1. The molecule has 2 amide bonds. The molecule has 2 aliphatic heterocycles. The molecule has 12 nitrogen and oxygen atoms in total. The van der Waals surface area contributed by atoms with Crippen LogP contribution in [0.2, 0.25) is 0 Å². The van der Waals surface area contributed by atoms with Gasteiger partial charge in [-0.1, -0.05) is 16.9 Å². The number of thioether (sulfide) groups is 1. The second-order valence-electron chi connectivity index (χ2n) is 5.94. The number of carboxylic acid groups (broad SMARTS) is 1. The number of nitrogen functional groups attached to an aromatic ring is 1. The molecule has 0 aromatic carbocycles. The van der Waals surface area contributed by atoms with Crippen LogP contribution in [0.25, 0.3) is 0 Å². The van der Waals surface area contributed by atoms with Crippen molar-refractivity contribution in [3.8, 4) is 0 Å². The maximum atomic E-state index is 12.3. The summed E-state index contributed by atoms with van der Waals surface area (Å²) in [4.78, 5) is 51.4. The molecule has 29 heavy (non-hydrogen) atoms. The van der Waals surface area contributed by atoms with E-state index in [1.807, 2.05) is 0 Å². The number of carbonyl (C=O) groups excluding carboxylic acids is 3. The van der Waals surface area contributed by atoms with Gasteiger partial charge in [-0.15, -0.1) is 11.3 Å². The molecular formula is C15H15N5O7S2. The number of nitrogens with one attached hydrogen (secondary N) is 1. The lowest BCUT2D eigenvalue weighted by Gasteiger charge is -2.51. The Morgan fingerprint density at radius 2 is 2.28 bits per heavy atom. The Hall–Kier alpha value is -3.13. The van der Waals surface area contributed by atoms with Gasteiger partial charge in [0.05, 0.1) is 17.5 Å². The first kappa shape index (κ1) is 20.6. The Morgan fingerprint density at radius 1 is 1.55 bits per heavy atom. The van der Waals surface area contributed by atoms with Crippen molar-refractivity contribution in [2.45, 2.75) is 23.6 Å². The molecule has 1 unspecified atom stereocenters. The highest BCUT2D eigenvalue weighted by Crippen LogP contribution is 2.54. The highest BCUT2D eigenvalue weighted by atomic mass is 32.2. The van der Waals surface area contributed by atoms with E-state index in [-0.39, 0.29) is 22.8 Å². The standard InChI is InChI=1S/C15H15N5O7S2/c1-6(21)27-4-7-12(13(24)25)20-10(23)2-11(20)29-15(7,19-9(22)3-17-26)8-5-28-14(16)18-8/h3,5,11,26H,2,4H2,1H3,(H2,16,18)(H,19,22)(H,24,25)/t11-,15?/m1/s1. The Labute approximate surface area is 171 Å². The van der Waals surface area contributed by atoms with Gasteiger partial charge in [0.25, 0.3) is 5.91 Å². The lowest BCUT2D eigenvalue weighted by atomic mass is 9.97. The Kier molecular flexibility index (Phi) is 5.48. The number of hydrogen-bond donors (Lipinski definition) is 4. The summed E-state index contributed by atoms with van der Waals surface area (Å²) in [6, 6.07) is 0. The van der Waals surface area contributed by atoms with E-state index in [0.29, 0.717) is 6.21 Å². The van der Waals surface area contributed by atoms with Crippen molar-refractivity contribution < 1.29 is 34.2 Å². The molecule has 1 fully saturated rings. The van der Waals surface area contributed by atoms with Gasteiger partial charge in [0.2, 0.25) is 5.91 Å². The lowest BCUT2D eigenvalue weighted by Crippen LogP contribution is -2.61. The number of fused-ring (bicyclic) bond motifs is 1. The van der Waals surface area contributed by atoms with E-state index in [1.54, 1.807) is 0 Å². The first-order chi connectivity index (χ1) is 13.7. The number of oxime groups is 1. The van der Waals surface area contributed by atoms with Gasteiger partial charge in [0.1, 0.15) is 18.5 Å². The van der Waals surface area contributed by atoms with Crippen LogP contribution < -0.4 is 11.1 Å². The monoisotopic (exact) mass is 441 g/mol. The van der Waals surface area contributed by atoms with Crippen molar-refractivity contribution in [2.24, 2.45) is 5.16 Å². The van der Waals surface area contributed by atoms with E-state index >= 15 is 0 Å². The molecule has 1 aromatic heterocycles. The topological polar surface area (TPSA) is 185 Å². The third-order valence-corrected chi connectivity index (χ3v) is 6.38. The number of β-lactam (4-membered cyclic amide) rings is 1. The van der Waals surface area contributed by atoms with Crippen LogP contribution in [0, 0.1) is 0 Å². The fraction of sp³-hybridized carbons (Fsp3) is 0.333. The average molecular weight is 441 g/mol. The molecular weight excluding hydrogens is 426 g/mol. The predicted molar refractivity (Wildman–Crippen MR) is 101 cm³/mol. The van der Waals surface area contributed by atoms with E-state index < -0.39 is 46.3 Å². The average Bonchev–Trinajstić information content (AvgIpc) is 3.06. The van der Waals surface area contributed by atoms with Crippen molar-refractivity contribution in [1.82, 2.24) is 15.2 Å². The third kappa shape index (κ3) is 3.63. The smallest absolute Gasteiger partial charge is 0.352 e. The molecule has 2 aliphatic rings. The van der Waals surface area contributed by atoms with Crippen LogP contribution in [0.4, 0.5) is 5.13 Å². The van der Waals surface area contributed by atoms with Crippen LogP contribution in [-0.4, -0.2) is 62.1 Å². The summed E-state index contributed by atoms with van der Waals surface area (Å²) in [5.74, 6) is -3.42. The predicted octanol–water partition coefficient (Wildman–Crippen LogP) is -0.339. The number of ether oxygens (including phenoxy) is 1. The van der Waals surface area contributed by atoms with E-state index in [1.165, 1.54) is 5.38 Å². The van der Waals surface area contributed by atoms with E-state index in [4.69, 9.17) is 15.7 Å². The number of carboxylic acids is 1. The molecule has 1 saturated heterocycles. The number of aliphatic carboxylic acids is 1. The fourth-order valence-corrected chi connectivity index (χ4v) is 5.34. The van der Waals surface area contributed by atoms with Crippen LogP contribution in [0.5, 0.6) is 0 Å². The zero-order valence-electron chi connectivity index (χ0n) is 14.8. The molecule has 14 heteroatoms. The minimum absolute atomic E-state index is 0.0353. The molecule has 2 atom stereocenters. The van der Waals surface area contributed by atoms with Gasteiger partial charge in [-0.25, -0.2) is 9.78 Å². The first-order valence-corrected chi connectivity index (χ1v) is 9.76. The molecule has 5 N–H and O–H groups in total. The summed E-state index contributed by atoms with van der Waals surface area (Å²) in [5, 5.41) is 24.8. The number of amides is 2. The Morgan fingerprint density at radius 3 is 2.79 bits per heavy atom. The summed E-state index contributed by atoms with van der Waals surface area (Å²) < 4.78 is 5.03. The number of thiazole rings is 1. The maximum Gasteiger partial charge on any atom is 0.352 e. The summed E-state index contributed by atoms with van der Waals surface area (Å²) in [6.45, 7) is 0.600. The van der Waals surface area contributed by atoms with Crippen LogP contribution in [0.15, 0.2) is 21.8 Å². The summed E-state index contributed by atoms with van der Waals surface area (Å²) in [5.41, 5.74) is 5.41. The zero-order valence-corrected chi connectivity index (χ0v) is 16.5. The number of anilines is 1. The molecule has 154 valence electrons. The van der Waals surface area contributed by atoms with E-state index in [9.17, 15) is 24.3 Å². The summed E-state index contributed by atoms with van der Waals surface area (Å²) >= 11 is 2.09. The van der Waals surface area contributed by atoms with Gasteiger partial charge in [-0.2, -0.15) is 0 Å². The molecule has 0 radical (unpaired) electrons. The van der Waals surface area contributed by atoms with Crippen LogP contribution in [0.3, 0.4) is 0 Å². The number of nitrogens with zero attached hydrogens (tertiary/aromatic N) is 3. The van der Waals surface area contributed by atoms with Gasteiger partial charge in [-0.3, -0.25) is 19.3 Å². The molecule has 3 heterocycles. The molecule has 0 saturated carbocycles. The second-order valence-corrected chi connectivity index (χ2v) is 8.22. The molecule has 1 aromatic rings. The maximum absolute atomic E-state index is 12.3. The van der Waals surface area contributed by atoms with Crippen LogP contribution >= 0.6 is 23.1 Å². The molecule has 0 aliphatic carbocycles. The SMILES string of the molecule is CC(=O)OCC1=C(C(=O)O)N2C(=O)C[C@H]2SC1(NC(=O)C=NO)c1csc(N)n1. The van der Waals surface area contributed by atoms with Gasteiger partial charge >= 0.3 is 11.9 Å². The zero-order chi connectivity index (χ0) is 21.3. The van der Waals surface area contributed by atoms with E-state index in [2.05, 4.69) is 15.5 Å². The number of aromatic nitrogens is 1. The normalized spacial score (nSPS) is 23.6. The molecule has 0 spiro atoms. The van der Waals surface area contributed by atoms with Crippen molar-refractivity contribution in [3.63, 3.8) is 0 Å². The highest BCUT2D eigenvalue weighted by Gasteiger charge is 2.57. The van der Waals surface area contributed by atoms with Crippen molar-refractivity contribution in [1.29, 1.82) is 0 Å². The van der Waals surface area contributed by atoms with E-state index in [0.717, 1.165) is 34.9 Å². The number of hydrogen-bond acceptors (Lipinski definition) is 11. The number of rotatable bonds is 6. The minimum Gasteiger partial charge on any atom is -0.477 e. The fourth-order valence-electron chi connectivity index (χ4n) is 3.00. The second kappa shape index (κ2) is 7.71. The van der Waals surface area contributed by atoms with Crippen molar-refractivity contribution in [2.75, 3.05) is 12.3 Å². The highest BCUT2D eigenvalue weighted by molar-refractivity contribution is 8.01. The Bertz CT molecular complexity index is 959. The quantitative estimate of drug-likeness (QED) is 0.150. The third-order valence-electron chi connectivity index (χ3n) is 4.15. The van der Waals surface area contributed by atoms with Gasteiger partial charge in [0.15, 0.2) is 10.0 Å². The summed E-state index contributed by atoms with van der Waals surface area (Å²) in [6.07, 6.45) is 0.619. The largest absolute Gasteiger partial charge is 0.477 e. The van der Waals surface area contributed by atoms with Crippen LogP contribution in [-0.2, 0) is 28.8 Å². The summed E-state index contributed by atoms with van der Waals surface area (Å²) in [7, 11) is 0. The first-order valence-electron chi connectivity index (χ1n) is 8.00. The van der Waals surface area contributed by atoms with Crippen molar-refractivity contribution in [3.05, 3.63) is 22.3 Å². The lowest BCUT2D eigenvalue weighted by molar-refractivity contribution is -0.146.